The quantitative estimate of drug-likeness (QED) is 0.553. The zero-order valence-corrected chi connectivity index (χ0v) is 12.2. The van der Waals surface area contributed by atoms with Gasteiger partial charge in [-0.05, 0) is 24.1 Å². The molecule has 0 aliphatic carbocycles. The molecule has 3 heteroatoms. The number of hydrogen-bond acceptors (Lipinski definition) is 1. The van der Waals surface area contributed by atoms with Crippen LogP contribution in [0.5, 0.6) is 0 Å². The monoisotopic (exact) mass is 279 g/mol. The molecule has 19 heavy (non-hydrogen) atoms. The van der Waals surface area contributed by atoms with Gasteiger partial charge in [-0.1, -0.05) is 62.4 Å². The van der Waals surface area contributed by atoms with Crippen LogP contribution in [0.2, 0.25) is 5.02 Å². The van der Waals surface area contributed by atoms with Gasteiger partial charge in [-0.2, -0.15) is 0 Å². The summed E-state index contributed by atoms with van der Waals surface area (Å²) >= 11 is 6.00. The van der Waals surface area contributed by atoms with Crippen molar-refractivity contribution in [1.29, 1.82) is 0 Å². The lowest BCUT2D eigenvalue weighted by molar-refractivity contribution is -0.116. The van der Waals surface area contributed by atoms with E-state index in [-0.39, 0.29) is 5.91 Å². The fraction of sp³-hybridized carbons (Fsp3) is 0.438. The Kier molecular flexibility index (Phi) is 7.99. The summed E-state index contributed by atoms with van der Waals surface area (Å²) in [5, 5.41) is 3.54. The van der Waals surface area contributed by atoms with E-state index < -0.39 is 0 Å². The predicted molar refractivity (Wildman–Crippen MR) is 82.3 cm³/mol. The van der Waals surface area contributed by atoms with Crippen molar-refractivity contribution in [3.8, 4) is 0 Å². The van der Waals surface area contributed by atoms with Gasteiger partial charge >= 0.3 is 0 Å². The average molecular weight is 280 g/mol. The second kappa shape index (κ2) is 9.62. The number of carbonyl (C=O) groups excluding carboxylic acids is 1. The SMILES string of the molecule is CCCCCCCNC(=O)/C=C/c1ccccc1Cl. The number of hydrogen-bond donors (Lipinski definition) is 1. The van der Waals surface area contributed by atoms with Gasteiger partial charge in [0.2, 0.25) is 5.91 Å². The van der Waals surface area contributed by atoms with Crippen molar-refractivity contribution < 1.29 is 4.79 Å². The van der Waals surface area contributed by atoms with Crippen LogP contribution in [-0.2, 0) is 4.79 Å². The van der Waals surface area contributed by atoms with Crippen molar-refractivity contribution in [3.05, 3.63) is 40.9 Å². The summed E-state index contributed by atoms with van der Waals surface area (Å²) in [5.74, 6) is -0.0598. The van der Waals surface area contributed by atoms with Gasteiger partial charge in [0, 0.05) is 17.6 Å². The Morgan fingerprint density at radius 1 is 1.21 bits per heavy atom. The third-order valence-electron chi connectivity index (χ3n) is 2.90. The minimum atomic E-state index is -0.0598. The number of benzene rings is 1. The van der Waals surface area contributed by atoms with Crippen molar-refractivity contribution in [2.45, 2.75) is 39.0 Å². The summed E-state index contributed by atoms with van der Waals surface area (Å²) in [4.78, 5) is 11.6. The fourth-order valence-corrected chi connectivity index (χ4v) is 1.97. The third kappa shape index (κ3) is 7.02. The Hall–Kier alpha value is -1.28. The van der Waals surface area contributed by atoms with Gasteiger partial charge in [-0.15, -0.1) is 0 Å². The smallest absolute Gasteiger partial charge is 0.243 e. The number of halogens is 1. The van der Waals surface area contributed by atoms with E-state index in [1.54, 1.807) is 6.08 Å². The molecule has 0 aliphatic heterocycles. The van der Waals surface area contributed by atoms with E-state index in [1.165, 1.54) is 31.8 Å². The van der Waals surface area contributed by atoms with E-state index in [0.29, 0.717) is 5.02 Å². The van der Waals surface area contributed by atoms with Crippen molar-refractivity contribution in [3.63, 3.8) is 0 Å². The molecule has 1 aromatic carbocycles. The lowest BCUT2D eigenvalue weighted by Crippen LogP contribution is -2.21. The van der Waals surface area contributed by atoms with E-state index in [9.17, 15) is 4.79 Å². The minimum Gasteiger partial charge on any atom is -0.353 e. The van der Waals surface area contributed by atoms with Crippen LogP contribution in [0.1, 0.15) is 44.6 Å². The van der Waals surface area contributed by atoms with Crippen molar-refractivity contribution in [2.75, 3.05) is 6.54 Å². The Labute approximate surface area is 120 Å². The van der Waals surface area contributed by atoms with Gasteiger partial charge in [0.25, 0.3) is 0 Å². The zero-order chi connectivity index (χ0) is 13.9. The highest BCUT2D eigenvalue weighted by Gasteiger charge is 1.97. The van der Waals surface area contributed by atoms with Crippen LogP contribution < -0.4 is 5.32 Å². The van der Waals surface area contributed by atoms with Crippen LogP contribution in [0.15, 0.2) is 30.3 Å². The topological polar surface area (TPSA) is 29.1 Å². The molecule has 1 amide bonds. The second-order valence-corrected chi connectivity index (χ2v) is 4.97. The van der Waals surface area contributed by atoms with Gasteiger partial charge in [-0.3, -0.25) is 4.79 Å². The minimum absolute atomic E-state index is 0.0598. The standard InChI is InChI=1S/C16H22ClNO/c1-2-3-4-5-8-13-18-16(19)12-11-14-9-6-7-10-15(14)17/h6-7,9-12H,2-5,8,13H2,1H3,(H,18,19)/b12-11+. The van der Waals surface area contributed by atoms with Crippen LogP contribution in [0, 0.1) is 0 Å². The number of unbranched alkanes of at least 4 members (excludes halogenated alkanes) is 4. The maximum atomic E-state index is 11.6. The molecule has 0 spiro atoms. The second-order valence-electron chi connectivity index (χ2n) is 4.56. The molecule has 0 fully saturated rings. The van der Waals surface area contributed by atoms with Crippen LogP contribution >= 0.6 is 11.6 Å². The summed E-state index contributed by atoms with van der Waals surface area (Å²) in [6, 6.07) is 7.47. The highest BCUT2D eigenvalue weighted by atomic mass is 35.5. The lowest BCUT2D eigenvalue weighted by Gasteiger charge is -2.02. The Morgan fingerprint density at radius 3 is 2.68 bits per heavy atom. The largest absolute Gasteiger partial charge is 0.353 e. The van der Waals surface area contributed by atoms with E-state index in [2.05, 4.69) is 12.2 Å². The number of amides is 1. The van der Waals surface area contributed by atoms with Gasteiger partial charge in [0.15, 0.2) is 0 Å². The first kappa shape index (κ1) is 15.8. The first-order valence-corrected chi connectivity index (χ1v) is 7.32. The molecule has 1 N–H and O–H groups in total. The molecule has 0 heterocycles. The summed E-state index contributed by atoms with van der Waals surface area (Å²) in [6.45, 7) is 2.94. The molecule has 0 saturated carbocycles. The summed E-state index contributed by atoms with van der Waals surface area (Å²) in [6.07, 6.45) is 9.28. The lowest BCUT2D eigenvalue weighted by atomic mass is 10.1. The molecule has 0 atom stereocenters. The molecule has 0 unspecified atom stereocenters. The highest BCUT2D eigenvalue weighted by molar-refractivity contribution is 6.32. The highest BCUT2D eigenvalue weighted by Crippen LogP contribution is 2.15. The molecular formula is C16H22ClNO. The molecule has 0 saturated heterocycles. The van der Waals surface area contributed by atoms with Gasteiger partial charge in [-0.25, -0.2) is 0 Å². The first-order valence-electron chi connectivity index (χ1n) is 6.94. The summed E-state index contributed by atoms with van der Waals surface area (Å²) < 4.78 is 0. The normalized spacial score (nSPS) is 10.8. The van der Waals surface area contributed by atoms with Crippen LogP contribution in [0.3, 0.4) is 0 Å². The molecule has 0 aromatic heterocycles. The Balaban J connectivity index is 2.22. The van der Waals surface area contributed by atoms with Crippen molar-refractivity contribution in [1.82, 2.24) is 5.32 Å². The zero-order valence-electron chi connectivity index (χ0n) is 11.5. The van der Waals surface area contributed by atoms with Gasteiger partial charge in [0.05, 0.1) is 0 Å². The molecule has 1 aromatic rings. The van der Waals surface area contributed by atoms with Gasteiger partial charge < -0.3 is 5.32 Å². The summed E-state index contributed by atoms with van der Waals surface area (Å²) in [7, 11) is 0. The van der Waals surface area contributed by atoms with E-state index >= 15 is 0 Å². The van der Waals surface area contributed by atoms with E-state index in [1.807, 2.05) is 24.3 Å². The molecule has 1 rings (SSSR count). The number of carbonyl (C=O) groups is 1. The molecule has 0 radical (unpaired) electrons. The van der Waals surface area contributed by atoms with Crippen molar-refractivity contribution >= 4 is 23.6 Å². The number of rotatable bonds is 8. The molecular weight excluding hydrogens is 258 g/mol. The third-order valence-corrected chi connectivity index (χ3v) is 3.24. The molecule has 0 aliphatic rings. The molecule has 0 bridgehead atoms. The van der Waals surface area contributed by atoms with E-state index in [0.717, 1.165) is 18.5 Å². The molecule has 104 valence electrons. The summed E-state index contributed by atoms with van der Waals surface area (Å²) in [5.41, 5.74) is 0.863. The van der Waals surface area contributed by atoms with Crippen molar-refractivity contribution in [2.24, 2.45) is 0 Å². The Bertz CT molecular complexity index is 415. The fourth-order valence-electron chi connectivity index (χ4n) is 1.77. The van der Waals surface area contributed by atoms with Crippen LogP contribution in [0.25, 0.3) is 6.08 Å². The van der Waals surface area contributed by atoms with E-state index in [4.69, 9.17) is 11.6 Å². The maximum Gasteiger partial charge on any atom is 0.243 e. The van der Waals surface area contributed by atoms with Crippen LogP contribution in [-0.4, -0.2) is 12.5 Å². The number of nitrogens with one attached hydrogen (secondary N) is 1. The molecule has 2 nitrogen and oxygen atoms in total. The average Bonchev–Trinajstić information content (AvgIpc) is 2.42. The Morgan fingerprint density at radius 2 is 1.95 bits per heavy atom. The maximum absolute atomic E-state index is 11.6. The first-order chi connectivity index (χ1) is 9.24. The van der Waals surface area contributed by atoms with Crippen LogP contribution in [0.4, 0.5) is 0 Å². The van der Waals surface area contributed by atoms with Gasteiger partial charge in [0.1, 0.15) is 0 Å². The predicted octanol–water partition coefficient (Wildman–Crippen LogP) is 4.44.